The van der Waals surface area contributed by atoms with Gasteiger partial charge < -0.3 is 15.6 Å². The second-order valence-electron chi connectivity index (χ2n) is 8.71. The average Bonchev–Trinajstić information content (AvgIpc) is 3.40. The molecule has 1 unspecified atom stereocenters. The Morgan fingerprint density at radius 3 is 2.61 bits per heavy atom. The molecule has 0 radical (unpaired) electrons. The zero-order valence-corrected chi connectivity index (χ0v) is 22.4. The Kier molecular flexibility index (Phi) is 11.1. The summed E-state index contributed by atoms with van der Waals surface area (Å²) in [7, 11) is 0. The molecule has 4 nitrogen and oxygen atoms in total. The van der Waals surface area contributed by atoms with E-state index in [1.165, 1.54) is 16.9 Å². The predicted molar refractivity (Wildman–Crippen MR) is 154 cm³/mol. The molecule has 0 saturated carbocycles. The number of unbranched alkanes of at least 4 members (excludes halogenated alkanes) is 1. The van der Waals surface area contributed by atoms with Gasteiger partial charge in [-0.1, -0.05) is 87.7 Å². The van der Waals surface area contributed by atoms with Crippen LogP contribution in [-0.4, -0.2) is 16.6 Å². The minimum Gasteiger partial charge on any atom is -0.464 e. The summed E-state index contributed by atoms with van der Waals surface area (Å²) >= 11 is 1.44. The number of nitrogens with zero attached hydrogens (tertiary/aromatic N) is 1. The van der Waals surface area contributed by atoms with Crippen molar-refractivity contribution in [1.82, 2.24) is 4.98 Å². The number of nitrogens with two attached hydrogens (primary N) is 1. The molecule has 3 rings (SSSR count). The first kappa shape index (κ1) is 27.6. The summed E-state index contributed by atoms with van der Waals surface area (Å²) in [5, 5.41) is 10.7. The molecule has 2 aromatic carbocycles. The highest BCUT2D eigenvalue weighted by molar-refractivity contribution is 7.15. The van der Waals surface area contributed by atoms with E-state index in [1.54, 1.807) is 12.5 Å². The summed E-state index contributed by atoms with van der Waals surface area (Å²) in [5.41, 5.74) is 11.4. The van der Waals surface area contributed by atoms with E-state index in [0.717, 1.165) is 65.0 Å². The largest absolute Gasteiger partial charge is 0.464 e. The van der Waals surface area contributed by atoms with Crippen LogP contribution in [0, 0.1) is 0 Å². The van der Waals surface area contributed by atoms with Gasteiger partial charge in [0.25, 0.3) is 0 Å². The van der Waals surface area contributed by atoms with E-state index in [4.69, 9.17) is 10.5 Å². The van der Waals surface area contributed by atoms with Gasteiger partial charge in [-0.15, -0.1) is 11.3 Å². The number of hydrogen-bond donors (Lipinski definition) is 2. The van der Waals surface area contributed by atoms with Crippen molar-refractivity contribution in [2.24, 2.45) is 5.73 Å². The summed E-state index contributed by atoms with van der Waals surface area (Å²) < 4.78 is 6.28. The lowest BCUT2D eigenvalue weighted by molar-refractivity contribution is 0.186. The van der Waals surface area contributed by atoms with Gasteiger partial charge >= 0.3 is 0 Å². The summed E-state index contributed by atoms with van der Waals surface area (Å²) in [6.45, 7) is 6.73. The Morgan fingerprint density at radius 1 is 1.11 bits per heavy atom. The van der Waals surface area contributed by atoms with E-state index in [1.807, 2.05) is 12.1 Å². The fourth-order valence-corrected chi connectivity index (χ4v) is 4.84. The molecule has 0 aliphatic heterocycles. The summed E-state index contributed by atoms with van der Waals surface area (Å²) in [6, 6.07) is 16.6. The third kappa shape index (κ3) is 7.76. The van der Waals surface area contributed by atoms with Gasteiger partial charge in [0.15, 0.2) is 0 Å². The van der Waals surface area contributed by atoms with E-state index in [0.29, 0.717) is 5.01 Å². The fraction of sp³-hybridized carbons (Fsp3) is 0.323. The number of rotatable bonds is 13. The van der Waals surface area contributed by atoms with Gasteiger partial charge in [0.05, 0.1) is 11.1 Å². The highest BCUT2D eigenvalue weighted by atomic mass is 32.1. The minimum atomic E-state index is -0.756. The average molecular weight is 503 g/mol. The molecule has 0 saturated heterocycles. The van der Waals surface area contributed by atoms with Crippen LogP contribution in [0.25, 0.3) is 22.1 Å². The zero-order valence-electron chi connectivity index (χ0n) is 21.6. The number of hydrogen-bond acceptors (Lipinski definition) is 5. The molecule has 0 fully saturated rings. The summed E-state index contributed by atoms with van der Waals surface area (Å²) in [4.78, 5) is 5.32. The Bertz CT molecular complexity index is 1180. The fourth-order valence-electron chi connectivity index (χ4n) is 3.90. The van der Waals surface area contributed by atoms with Crippen molar-refractivity contribution in [3.63, 3.8) is 0 Å². The molecule has 0 spiro atoms. The molecule has 0 amide bonds. The van der Waals surface area contributed by atoms with Gasteiger partial charge in [0, 0.05) is 18.3 Å². The van der Waals surface area contributed by atoms with E-state index >= 15 is 0 Å². The molecule has 3 N–H and O–H groups in total. The number of aliphatic hydroxyl groups excluding tert-OH is 1. The van der Waals surface area contributed by atoms with Crippen LogP contribution in [-0.2, 0) is 0 Å². The third-order valence-electron chi connectivity index (χ3n) is 5.90. The van der Waals surface area contributed by atoms with Crippen LogP contribution >= 0.6 is 11.3 Å². The Labute approximate surface area is 219 Å². The maximum Gasteiger partial charge on any atom is 0.135 e. The first-order chi connectivity index (χ1) is 17.6. The lowest BCUT2D eigenvalue weighted by Gasteiger charge is -2.10. The van der Waals surface area contributed by atoms with Crippen molar-refractivity contribution in [2.45, 2.75) is 59.0 Å². The predicted octanol–water partition coefficient (Wildman–Crippen LogP) is 8.17. The molecular formula is C31H38N2O2S. The lowest BCUT2D eigenvalue weighted by Crippen LogP contribution is -2.10. The molecule has 0 aliphatic rings. The normalized spacial score (nSPS) is 13.4. The smallest absolute Gasteiger partial charge is 0.135 e. The molecule has 36 heavy (non-hydrogen) atoms. The number of allylic oxidation sites excluding steroid dienone is 4. The number of benzene rings is 2. The van der Waals surface area contributed by atoms with Crippen LogP contribution < -0.4 is 10.5 Å². The van der Waals surface area contributed by atoms with Gasteiger partial charge in [0.2, 0.25) is 0 Å². The van der Waals surface area contributed by atoms with Gasteiger partial charge in [-0.05, 0) is 54.2 Å². The Morgan fingerprint density at radius 2 is 1.92 bits per heavy atom. The quantitative estimate of drug-likeness (QED) is 0.183. The molecule has 1 atom stereocenters. The SMILES string of the molecule is CCC/C=C(\C=C\Oc1cc(C=C(CC)CCC)ccc1-c1cnc(C(O)CN)s1)c1ccccc1. The number of aromatic nitrogens is 1. The van der Waals surface area contributed by atoms with Gasteiger partial charge in [-0.2, -0.15) is 0 Å². The van der Waals surface area contributed by atoms with Crippen molar-refractivity contribution in [3.8, 4) is 16.2 Å². The Balaban J connectivity index is 1.97. The summed E-state index contributed by atoms with van der Waals surface area (Å²) in [6.07, 6.45) is 14.7. The third-order valence-corrected chi connectivity index (χ3v) is 7.03. The van der Waals surface area contributed by atoms with E-state index in [9.17, 15) is 5.11 Å². The van der Waals surface area contributed by atoms with Crippen LogP contribution in [0.5, 0.6) is 5.75 Å². The highest BCUT2D eigenvalue weighted by Gasteiger charge is 2.15. The van der Waals surface area contributed by atoms with Gasteiger partial charge in [-0.25, -0.2) is 4.98 Å². The lowest BCUT2D eigenvalue weighted by atomic mass is 10.0. The Hall–Kier alpha value is -2.99. The number of ether oxygens (including phenoxy) is 1. The number of aliphatic hydroxyl groups is 1. The van der Waals surface area contributed by atoms with Gasteiger partial charge in [0.1, 0.15) is 16.9 Å². The van der Waals surface area contributed by atoms with Crippen molar-refractivity contribution in [3.05, 3.63) is 94.8 Å². The zero-order chi connectivity index (χ0) is 25.8. The monoisotopic (exact) mass is 502 g/mol. The number of thiazole rings is 1. The maximum atomic E-state index is 10.1. The van der Waals surface area contributed by atoms with Crippen LogP contribution in [0.1, 0.15) is 75.1 Å². The molecule has 0 bridgehead atoms. The van der Waals surface area contributed by atoms with Gasteiger partial charge in [-0.3, -0.25) is 0 Å². The molecule has 1 aromatic heterocycles. The van der Waals surface area contributed by atoms with Crippen molar-refractivity contribution in [2.75, 3.05) is 6.54 Å². The van der Waals surface area contributed by atoms with Crippen molar-refractivity contribution in [1.29, 1.82) is 0 Å². The maximum absolute atomic E-state index is 10.1. The summed E-state index contributed by atoms with van der Waals surface area (Å²) in [5.74, 6) is 0.757. The van der Waals surface area contributed by atoms with Crippen LogP contribution in [0.2, 0.25) is 0 Å². The second-order valence-corrected chi connectivity index (χ2v) is 9.77. The van der Waals surface area contributed by atoms with Crippen molar-refractivity contribution >= 4 is 23.0 Å². The highest BCUT2D eigenvalue weighted by Crippen LogP contribution is 2.37. The molecule has 190 valence electrons. The molecule has 0 aliphatic carbocycles. The first-order valence-corrected chi connectivity index (χ1v) is 13.7. The minimum absolute atomic E-state index is 0.145. The van der Waals surface area contributed by atoms with Crippen LogP contribution in [0.3, 0.4) is 0 Å². The standard InChI is InChI=1S/C31H38N2O2S/c1-4-7-12-26(25-13-9-8-10-14-25)17-18-35-29-20-24(19-23(6-3)11-5-2)15-16-27(29)30-22-33-31(36-30)28(34)21-32/h8-10,12-20,22,28,34H,4-7,11,21,32H2,1-3H3/b18-17+,23-19?,26-12+. The van der Waals surface area contributed by atoms with Crippen molar-refractivity contribution < 1.29 is 9.84 Å². The topological polar surface area (TPSA) is 68.4 Å². The molecule has 1 heterocycles. The first-order valence-electron chi connectivity index (χ1n) is 12.9. The van der Waals surface area contributed by atoms with E-state index in [2.05, 4.69) is 80.4 Å². The van der Waals surface area contributed by atoms with Crippen LogP contribution in [0.4, 0.5) is 0 Å². The van der Waals surface area contributed by atoms with E-state index in [-0.39, 0.29) is 6.54 Å². The van der Waals surface area contributed by atoms with Crippen LogP contribution in [0.15, 0.2) is 78.7 Å². The molecule has 3 aromatic rings. The molecular weight excluding hydrogens is 464 g/mol. The van der Waals surface area contributed by atoms with E-state index < -0.39 is 6.10 Å². The molecule has 5 heteroatoms. The second kappa shape index (κ2) is 14.5.